The van der Waals surface area contributed by atoms with Crippen molar-refractivity contribution in [2.45, 2.75) is 19.9 Å². The molecule has 1 aromatic carbocycles. The fraction of sp³-hybridized carbons (Fsp3) is 0.538. The molecule has 0 spiro atoms. The van der Waals surface area contributed by atoms with Gasteiger partial charge < -0.3 is 14.8 Å². The summed E-state index contributed by atoms with van der Waals surface area (Å²) in [5.74, 6) is 0.895. The van der Waals surface area contributed by atoms with Crippen LogP contribution in [0.2, 0.25) is 0 Å². The van der Waals surface area contributed by atoms with Crippen molar-refractivity contribution in [3.8, 4) is 5.75 Å². The van der Waals surface area contributed by atoms with Crippen LogP contribution in [0, 0.1) is 0 Å². The largest absolute Gasteiger partial charge is 0.491 e. The molecule has 0 fully saturated rings. The fourth-order valence-electron chi connectivity index (χ4n) is 1.38. The molecule has 0 bridgehead atoms. The van der Waals surface area contributed by atoms with Gasteiger partial charge in [-0.05, 0) is 38.6 Å². The molecular formula is C13H21NO2. The molecular weight excluding hydrogens is 202 g/mol. The third kappa shape index (κ3) is 4.21. The van der Waals surface area contributed by atoms with Crippen LogP contribution in [0.25, 0.3) is 0 Å². The Bertz CT molecular complexity index is 284. The van der Waals surface area contributed by atoms with Gasteiger partial charge in [0.05, 0.1) is 6.61 Å². The van der Waals surface area contributed by atoms with E-state index in [-0.39, 0.29) is 0 Å². The van der Waals surface area contributed by atoms with Crippen molar-refractivity contribution < 1.29 is 9.47 Å². The molecule has 1 unspecified atom stereocenters. The van der Waals surface area contributed by atoms with Crippen molar-refractivity contribution in [3.63, 3.8) is 0 Å². The van der Waals surface area contributed by atoms with Crippen molar-refractivity contribution in [3.05, 3.63) is 29.8 Å². The highest BCUT2D eigenvalue weighted by molar-refractivity contribution is 5.28. The van der Waals surface area contributed by atoms with Gasteiger partial charge in [0.1, 0.15) is 12.4 Å². The molecule has 0 radical (unpaired) electrons. The summed E-state index contributed by atoms with van der Waals surface area (Å²) in [5.41, 5.74) is 1.26. The van der Waals surface area contributed by atoms with Gasteiger partial charge in [-0.15, -0.1) is 0 Å². The van der Waals surface area contributed by atoms with Crippen molar-refractivity contribution in [1.29, 1.82) is 0 Å². The number of ether oxygens (including phenoxy) is 2. The number of nitrogens with one attached hydrogen (secondary N) is 1. The van der Waals surface area contributed by atoms with Crippen molar-refractivity contribution in [1.82, 2.24) is 5.32 Å². The standard InChI is InChI=1S/C13H21NO2/c1-4-15-9-10-16-13-7-5-12(6-8-13)11(2)14-3/h5-8,11,14H,4,9-10H2,1-3H3. The summed E-state index contributed by atoms with van der Waals surface area (Å²) in [7, 11) is 1.96. The third-order valence-electron chi connectivity index (χ3n) is 2.51. The Hall–Kier alpha value is -1.06. The van der Waals surface area contributed by atoms with E-state index >= 15 is 0 Å². The summed E-state index contributed by atoms with van der Waals surface area (Å²) in [4.78, 5) is 0. The van der Waals surface area contributed by atoms with Gasteiger partial charge in [0.2, 0.25) is 0 Å². The first-order valence-corrected chi connectivity index (χ1v) is 5.75. The molecule has 16 heavy (non-hydrogen) atoms. The maximum Gasteiger partial charge on any atom is 0.119 e. The Kier molecular flexibility index (Phi) is 5.90. The zero-order valence-electron chi connectivity index (χ0n) is 10.3. The van der Waals surface area contributed by atoms with Crippen LogP contribution in [0.5, 0.6) is 5.75 Å². The minimum atomic E-state index is 0.373. The topological polar surface area (TPSA) is 30.5 Å². The van der Waals surface area contributed by atoms with Gasteiger partial charge in [-0.3, -0.25) is 0 Å². The Labute approximate surface area is 97.8 Å². The molecule has 1 atom stereocenters. The minimum absolute atomic E-state index is 0.373. The van der Waals surface area contributed by atoms with Gasteiger partial charge in [0, 0.05) is 12.6 Å². The second-order valence-electron chi connectivity index (χ2n) is 3.62. The SMILES string of the molecule is CCOCCOc1ccc(C(C)NC)cc1. The van der Waals surface area contributed by atoms with Gasteiger partial charge in [0.15, 0.2) is 0 Å². The summed E-state index contributed by atoms with van der Waals surface area (Å²) in [6.07, 6.45) is 0. The first-order chi connectivity index (χ1) is 7.77. The number of benzene rings is 1. The molecule has 0 aliphatic rings. The van der Waals surface area contributed by atoms with Crippen LogP contribution in [0.1, 0.15) is 25.5 Å². The maximum absolute atomic E-state index is 5.53. The molecule has 1 aromatic rings. The lowest BCUT2D eigenvalue weighted by atomic mass is 10.1. The first kappa shape index (κ1) is 13.0. The quantitative estimate of drug-likeness (QED) is 0.720. The molecule has 0 aromatic heterocycles. The molecule has 0 aliphatic carbocycles. The van der Waals surface area contributed by atoms with Crippen LogP contribution in [0.3, 0.4) is 0 Å². The molecule has 0 heterocycles. The molecule has 0 amide bonds. The van der Waals surface area contributed by atoms with Crippen LogP contribution >= 0.6 is 0 Å². The molecule has 1 N–H and O–H groups in total. The summed E-state index contributed by atoms with van der Waals surface area (Å²) in [6, 6.07) is 8.52. The average molecular weight is 223 g/mol. The Morgan fingerprint density at radius 2 is 1.88 bits per heavy atom. The zero-order valence-corrected chi connectivity index (χ0v) is 10.3. The summed E-state index contributed by atoms with van der Waals surface area (Å²) in [5, 5.41) is 3.20. The van der Waals surface area contributed by atoms with E-state index < -0.39 is 0 Å². The predicted octanol–water partition coefficient (Wildman–Crippen LogP) is 2.38. The van der Waals surface area contributed by atoms with Crippen molar-refractivity contribution in [2.24, 2.45) is 0 Å². The van der Waals surface area contributed by atoms with Gasteiger partial charge in [-0.1, -0.05) is 12.1 Å². The smallest absolute Gasteiger partial charge is 0.119 e. The Balaban J connectivity index is 2.39. The summed E-state index contributed by atoms with van der Waals surface area (Å²) >= 11 is 0. The second-order valence-corrected chi connectivity index (χ2v) is 3.62. The lowest BCUT2D eigenvalue weighted by Gasteiger charge is -2.11. The predicted molar refractivity (Wildman–Crippen MR) is 65.9 cm³/mol. The second kappa shape index (κ2) is 7.25. The number of rotatable bonds is 7. The monoisotopic (exact) mass is 223 g/mol. The van der Waals surface area contributed by atoms with E-state index in [0.29, 0.717) is 19.3 Å². The molecule has 0 saturated heterocycles. The Morgan fingerprint density at radius 1 is 1.19 bits per heavy atom. The highest BCUT2D eigenvalue weighted by Gasteiger charge is 2.01. The zero-order chi connectivity index (χ0) is 11.8. The molecule has 90 valence electrons. The molecule has 1 rings (SSSR count). The molecule has 3 nitrogen and oxygen atoms in total. The van der Waals surface area contributed by atoms with Gasteiger partial charge >= 0.3 is 0 Å². The fourth-order valence-corrected chi connectivity index (χ4v) is 1.38. The van der Waals surface area contributed by atoms with Crippen LogP contribution in [0.4, 0.5) is 0 Å². The summed E-state index contributed by atoms with van der Waals surface area (Å²) in [6.45, 7) is 6.10. The molecule has 3 heteroatoms. The Morgan fingerprint density at radius 3 is 2.44 bits per heavy atom. The van der Waals surface area contributed by atoms with Crippen LogP contribution < -0.4 is 10.1 Å². The summed E-state index contributed by atoms with van der Waals surface area (Å²) < 4.78 is 10.7. The van der Waals surface area contributed by atoms with Crippen LogP contribution in [0.15, 0.2) is 24.3 Å². The minimum Gasteiger partial charge on any atom is -0.491 e. The van der Waals surface area contributed by atoms with E-state index in [1.807, 2.05) is 26.1 Å². The van der Waals surface area contributed by atoms with Gasteiger partial charge in [-0.2, -0.15) is 0 Å². The maximum atomic E-state index is 5.53. The van der Waals surface area contributed by atoms with Crippen LogP contribution in [-0.4, -0.2) is 26.9 Å². The third-order valence-corrected chi connectivity index (χ3v) is 2.51. The van der Waals surface area contributed by atoms with E-state index in [1.165, 1.54) is 5.56 Å². The van der Waals surface area contributed by atoms with E-state index in [1.54, 1.807) is 0 Å². The molecule has 0 saturated carbocycles. The van der Waals surface area contributed by atoms with E-state index in [9.17, 15) is 0 Å². The van der Waals surface area contributed by atoms with E-state index in [0.717, 1.165) is 12.4 Å². The lowest BCUT2D eigenvalue weighted by Crippen LogP contribution is -2.12. The van der Waals surface area contributed by atoms with Crippen molar-refractivity contribution >= 4 is 0 Å². The molecule has 0 aliphatic heterocycles. The first-order valence-electron chi connectivity index (χ1n) is 5.75. The van der Waals surface area contributed by atoms with E-state index in [2.05, 4.69) is 24.4 Å². The van der Waals surface area contributed by atoms with E-state index in [4.69, 9.17) is 9.47 Å². The van der Waals surface area contributed by atoms with Crippen LogP contribution in [-0.2, 0) is 4.74 Å². The lowest BCUT2D eigenvalue weighted by molar-refractivity contribution is 0.110. The van der Waals surface area contributed by atoms with Gasteiger partial charge in [0.25, 0.3) is 0 Å². The highest BCUT2D eigenvalue weighted by Crippen LogP contribution is 2.16. The van der Waals surface area contributed by atoms with Crippen molar-refractivity contribution in [2.75, 3.05) is 26.9 Å². The average Bonchev–Trinajstić information content (AvgIpc) is 2.34. The van der Waals surface area contributed by atoms with Gasteiger partial charge in [-0.25, -0.2) is 0 Å². The number of hydrogen-bond acceptors (Lipinski definition) is 3. The normalized spacial score (nSPS) is 12.4. The number of hydrogen-bond donors (Lipinski definition) is 1. The highest BCUT2D eigenvalue weighted by atomic mass is 16.5.